The summed E-state index contributed by atoms with van der Waals surface area (Å²) in [5.41, 5.74) is 5.19. The van der Waals surface area contributed by atoms with Gasteiger partial charge in [0.2, 0.25) is 11.7 Å². The van der Waals surface area contributed by atoms with E-state index in [4.69, 9.17) is 10.3 Å². The lowest BCUT2D eigenvalue weighted by molar-refractivity contribution is 0.380. The molecule has 4 nitrogen and oxygen atoms in total. The zero-order chi connectivity index (χ0) is 11.7. The lowest BCUT2D eigenvalue weighted by atomic mass is 10.2. The van der Waals surface area contributed by atoms with Crippen molar-refractivity contribution in [3.63, 3.8) is 0 Å². The van der Waals surface area contributed by atoms with Gasteiger partial charge in [-0.3, -0.25) is 0 Å². The maximum absolute atomic E-state index is 13.6. The van der Waals surface area contributed by atoms with Crippen LogP contribution in [0.2, 0.25) is 0 Å². The molecule has 0 unspecified atom stereocenters. The molecule has 0 amide bonds. The van der Waals surface area contributed by atoms with Gasteiger partial charge in [-0.05, 0) is 28.1 Å². The molecule has 0 aliphatic heterocycles. The molecular weight excluding hydrogens is 284 g/mol. The molecule has 0 atom stereocenters. The highest BCUT2D eigenvalue weighted by atomic mass is 79.9. The predicted octanol–water partition coefficient (Wildman–Crippen LogP) is 2.24. The van der Waals surface area contributed by atoms with E-state index in [9.17, 15) is 8.78 Å². The largest absolute Gasteiger partial charge is 0.338 e. The molecule has 2 aromatic rings. The van der Waals surface area contributed by atoms with E-state index in [-0.39, 0.29) is 28.3 Å². The zero-order valence-corrected chi connectivity index (χ0v) is 9.46. The van der Waals surface area contributed by atoms with E-state index >= 15 is 0 Å². The van der Waals surface area contributed by atoms with Crippen LogP contribution in [0.1, 0.15) is 5.89 Å². The van der Waals surface area contributed by atoms with E-state index in [0.717, 1.165) is 12.1 Å². The summed E-state index contributed by atoms with van der Waals surface area (Å²) in [5.74, 6) is -1.11. The first-order valence-electron chi connectivity index (χ1n) is 4.29. The molecule has 0 bridgehead atoms. The van der Waals surface area contributed by atoms with Crippen LogP contribution in [0.15, 0.2) is 21.1 Å². The van der Waals surface area contributed by atoms with E-state index in [1.54, 1.807) is 0 Å². The lowest BCUT2D eigenvalue weighted by Crippen LogP contribution is -1.96. The Morgan fingerprint density at radius 2 is 2.12 bits per heavy atom. The van der Waals surface area contributed by atoms with Crippen molar-refractivity contribution in [2.24, 2.45) is 5.73 Å². The fraction of sp³-hybridized carbons (Fsp3) is 0.111. The second-order valence-electron chi connectivity index (χ2n) is 2.97. The second-order valence-corrected chi connectivity index (χ2v) is 3.82. The highest BCUT2D eigenvalue weighted by Gasteiger charge is 2.16. The van der Waals surface area contributed by atoms with Crippen molar-refractivity contribution in [2.45, 2.75) is 6.54 Å². The molecule has 0 fully saturated rings. The summed E-state index contributed by atoms with van der Waals surface area (Å²) < 4.78 is 31.4. The number of benzene rings is 1. The van der Waals surface area contributed by atoms with Gasteiger partial charge in [-0.2, -0.15) is 4.98 Å². The fourth-order valence-electron chi connectivity index (χ4n) is 1.17. The molecule has 2 N–H and O–H groups in total. The molecule has 1 aromatic carbocycles. The summed E-state index contributed by atoms with van der Waals surface area (Å²) in [6, 6.07) is 2.01. The number of rotatable bonds is 2. The molecule has 7 heteroatoms. The minimum Gasteiger partial charge on any atom is -0.338 e. The molecule has 0 spiro atoms. The van der Waals surface area contributed by atoms with Gasteiger partial charge in [-0.1, -0.05) is 5.16 Å². The van der Waals surface area contributed by atoms with Crippen molar-refractivity contribution < 1.29 is 13.3 Å². The smallest absolute Gasteiger partial charge is 0.240 e. The molecule has 0 aliphatic rings. The van der Waals surface area contributed by atoms with Crippen LogP contribution in [0.4, 0.5) is 8.78 Å². The van der Waals surface area contributed by atoms with Crippen LogP contribution in [0.5, 0.6) is 0 Å². The van der Waals surface area contributed by atoms with Gasteiger partial charge in [0.05, 0.1) is 16.6 Å². The number of hydrogen-bond donors (Lipinski definition) is 1. The van der Waals surface area contributed by atoms with Gasteiger partial charge in [-0.15, -0.1) is 0 Å². The summed E-state index contributed by atoms with van der Waals surface area (Å²) >= 11 is 2.89. The van der Waals surface area contributed by atoms with Gasteiger partial charge in [0, 0.05) is 0 Å². The van der Waals surface area contributed by atoms with E-state index in [2.05, 4.69) is 26.1 Å². The Balaban J connectivity index is 2.54. The predicted molar refractivity (Wildman–Crippen MR) is 55.2 cm³/mol. The molecular formula is C9H6BrF2N3O. The van der Waals surface area contributed by atoms with Crippen LogP contribution in [0, 0.1) is 11.6 Å². The fourth-order valence-corrected chi connectivity index (χ4v) is 1.60. The highest BCUT2D eigenvalue weighted by Crippen LogP contribution is 2.27. The zero-order valence-electron chi connectivity index (χ0n) is 7.88. The minimum absolute atomic E-state index is 0.00148. The summed E-state index contributed by atoms with van der Waals surface area (Å²) in [7, 11) is 0. The van der Waals surface area contributed by atoms with Crippen LogP contribution >= 0.6 is 15.9 Å². The molecule has 0 aliphatic carbocycles. The maximum atomic E-state index is 13.6. The first-order valence-corrected chi connectivity index (χ1v) is 5.08. The average Bonchev–Trinajstić information content (AvgIpc) is 2.71. The average molecular weight is 290 g/mol. The Bertz CT molecular complexity index is 529. The number of nitrogens with two attached hydrogens (primary N) is 1. The lowest BCUT2D eigenvalue weighted by Gasteiger charge is -2.00. The Kier molecular flexibility index (Phi) is 2.97. The first-order chi connectivity index (χ1) is 7.61. The molecule has 0 saturated carbocycles. The molecule has 16 heavy (non-hydrogen) atoms. The SMILES string of the molecule is NCc1nc(-c2cc(F)cc(Br)c2F)no1. The van der Waals surface area contributed by atoms with E-state index in [1.165, 1.54) is 0 Å². The normalized spacial score (nSPS) is 10.8. The van der Waals surface area contributed by atoms with E-state index < -0.39 is 11.6 Å². The Morgan fingerprint density at radius 3 is 2.75 bits per heavy atom. The summed E-state index contributed by atoms with van der Waals surface area (Å²) in [6.07, 6.45) is 0. The van der Waals surface area contributed by atoms with Crippen molar-refractivity contribution in [3.05, 3.63) is 34.1 Å². The van der Waals surface area contributed by atoms with Crippen molar-refractivity contribution in [1.29, 1.82) is 0 Å². The quantitative estimate of drug-likeness (QED) is 0.861. The highest BCUT2D eigenvalue weighted by molar-refractivity contribution is 9.10. The Hall–Kier alpha value is -1.34. The van der Waals surface area contributed by atoms with Crippen LogP contribution in [0.25, 0.3) is 11.4 Å². The van der Waals surface area contributed by atoms with Crippen molar-refractivity contribution in [1.82, 2.24) is 10.1 Å². The Labute approximate surface area is 97.6 Å². The van der Waals surface area contributed by atoms with Gasteiger partial charge >= 0.3 is 0 Å². The summed E-state index contributed by atoms with van der Waals surface area (Å²) in [6.45, 7) is 0.0467. The molecule has 0 saturated heterocycles. The van der Waals surface area contributed by atoms with E-state index in [1.807, 2.05) is 0 Å². The van der Waals surface area contributed by atoms with Crippen molar-refractivity contribution in [2.75, 3.05) is 0 Å². The molecule has 84 valence electrons. The third kappa shape index (κ3) is 1.96. The van der Waals surface area contributed by atoms with Crippen molar-refractivity contribution >= 4 is 15.9 Å². The van der Waals surface area contributed by atoms with Gasteiger partial charge in [0.25, 0.3) is 0 Å². The third-order valence-electron chi connectivity index (χ3n) is 1.88. The minimum atomic E-state index is -0.647. The van der Waals surface area contributed by atoms with Crippen LogP contribution in [0.3, 0.4) is 0 Å². The van der Waals surface area contributed by atoms with Crippen LogP contribution in [-0.2, 0) is 6.54 Å². The first kappa shape index (κ1) is 11.2. The Morgan fingerprint density at radius 1 is 1.38 bits per heavy atom. The van der Waals surface area contributed by atoms with Crippen molar-refractivity contribution in [3.8, 4) is 11.4 Å². The number of aromatic nitrogens is 2. The summed E-state index contributed by atoms with van der Waals surface area (Å²) in [5, 5.41) is 3.51. The van der Waals surface area contributed by atoms with Gasteiger partial charge < -0.3 is 10.3 Å². The summed E-state index contributed by atoms with van der Waals surface area (Å²) in [4.78, 5) is 3.81. The molecule has 0 radical (unpaired) electrons. The number of halogens is 3. The number of nitrogens with zero attached hydrogens (tertiary/aromatic N) is 2. The van der Waals surface area contributed by atoms with Gasteiger partial charge in [0.15, 0.2) is 0 Å². The monoisotopic (exact) mass is 289 g/mol. The van der Waals surface area contributed by atoms with Crippen LogP contribution < -0.4 is 5.73 Å². The maximum Gasteiger partial charge on any atom is 0.240 e. The number of hydrogen-bond acceptors (Lipinski definition) is 4. The van der Waals surface area contributed by atoms with Gasteiger partial charge in [0.1, 0.15) is 11.6 Å². The molecule has 1 heterocycles. The topological polar surface area (TPSA) is 64.9 Å². The van der Waals surface area contributed by atoms with Crippen LogP contribution in [-0.4, -0.2) is 10.1 Å². The standard InChI is InChI=1S/C9H6BrF2N3O/c10-6-2-4(11)1-5(8(6)12)9-14-7(3-13)16-15-9/h1-2H,3,13H2. The van der Waals surface area contributed by atoms with E-state index in [0.29, 0.717) is 0 Å². The molecule has 1 aromatic heterocycles. The van der Waals surface area contributed by atoms with Gasteiger partial charge in [-0.25, -0.2) is 8.78 Å². The second kappa shape index (κ2) is 4.26. The third-order valence-corrected chi connectivity index (χ3v) is 2.45. The molecule has 2 rings (SSSR count).